The van der Waals surface area contributed by atoms with Gasteiger partial charge < -0.3 is 27.4 Å². The van der Waals surface area contributed by atoms with Gasteiger partial charge in [-0.25, -0.2) is 0 Å². The zero-order chi connectivity index (χ0) is 81.7. The lowest BCUT2D eigenvalue weighted by Crippen LogP contribution is -1.94. The van der Waals surface area contributed by atoms with E-state index in [4.69, 9.17) is 0 Å². The molecule has 9 nitrogen and oxygen atoms in total. The van der Waals surface area contributed by atoms with E-state index in [0.717, 1.165) is 55.5 Å². The van der Waals surface area contributed by atoms with E-state index in [2.05, 4.69) is 461 Å². The standard InChI is InChI=1S/C41H27N3.C39H25N3.C35H23N3/c1-3-10-28(11-4-1)29-18-21-32(22-19-29)44-37-16-8-7-14-34(37)41-33(15-9-17-40(41)44)30-20-23-38-35(26-30)36-27-42-25-24-39(36)43(38)31-12-5-2-6-13-31;1-2-11-29(12-3-1)41-36-20-18-28(24-33(36)34-25-40-22-21-37(34)41)31-14-8-16-38-39(31)32-13-6-7-15-35(32)42(38)30-19-17-26-9-4-5-10-27(26)23-30;1-3-10-25(11-4-1)37-32-19-18-24(22-29(32)30-23-36-21-20-33(30)37)27-15-9-17-34-35(27)28-14-7-8-16-31(28)38(34)26-12-5-2-6-13-26/h1-27H;1-25H;1-23H. The second kappa shape index (κ2) is 29.6. The summed E-state index contributed by atoms with van der Waals surface area (Å²) in [6, 6.07) is 150. The van der Waals surface area contributed by atoms with Crippen LogP contribution in [0.25, 0.3) is 220 Å². The number of benzene rings is 17. The summed E-state index contributed by atoms with van der Waals surface area (Å²) in [6.07, 6.45) is 11.6. The minimum absolute atomic E-state index is 1.15. The van der Waals surface area contributed by atoms with Crippen LogP contribution in [0.5, 0.6) is 0 Å². The minimum Gasteiger partial charge on any atom is -0.309 e. The molecule has 26 rings (SSSR count). The Morgan fingerprint density at radius 3 is 0.790 bits per heavy atom. The van der Waals surface area contributed by atoms with Gasteiger partial charge in [-0.2, -0.15) is 0 Å². The number of fused-ring (bicyclic) bond motifs is 19. The number of pyridine rings is 3. The van der Waals surface area contributed by atoms with Crippen molar-refractivity contribution in [1.29, 1.82) is 0 Å². The zero-order valence-corrected chi connectivity index (χ0v) is 67.3. The Labute approximate surface area is 713 Å². The molecule has 0 aliphatic carbocycles. The Kier molecular flexibility index (Phi) is 17.1. The summed E-state index contributed by atoms with van der Waals surface area (Å²) in [6.45, 7) is 0. The molecule has 9 heterocycles. The van der Waals surface area contributed by atoms with Crippen molar-refractivity contribution in [2.75, 3.05) is 0 Å². The molecule has 0 saturated carbocycles. The van der Waals surface area contributed by atoms with Gasteiger partial charge in [-0.3, -0.25) is 15.0 Å². The summed E-state index contributed by atoms with van der Waals surface area (Å²) in [5.41, 5.74) is 30.9. The molecule has 0 bridgehead atoms. The van der Waals surface area contributed by atoms with Crippen LogP contribution in [-0.4, -0.2) is 42.4 Å². The monoisotopic (exact) mass is 1580 g/mol. The molecule has 0 unspecified atom stereocenters. The first-order valence-corrected chi connectivity index (χ1v) is 42.2. The summed E-state index contributed by atoms with van der Waals surface area (Å²) >= 11 is 0. The minimum atomic E-state index is 1.15. The fourth-order valence-electron chi connectivity index (χ4n) is 19.6. The van der Waals surface area contributed by atoms with E-state index in [0.29, 0.717) is 0 Å². The molecule has 0 spiro atoms. The molecule has 0 radical (unpaired) electrons. The average molecular weight is 1580 g/mol. The molecular formula is C115H75N9. The van der Waals surface area contributed by atoms with Crippen LogP contribution in [0.2, 0.25) is 0 Å². The van der Waals surface area contributed by atoms with E-state index in [1.54, 1.807) is 0 Å². The van der Waals surface area contributed by atoms with Crippen molar-refractivity contribution in [3.63, 3.8) is 0 Å². The lowest BCUT2D eigenvalue weighted by Gasteiger charge is -2.11. The second-order valence-corrected chi connectivity index (χ2v) is 31.8. The second-order valence-electron chi connectivity index (χ2n) is 31.8. The largest absolute Gasteiger partial charge is 0.309 e. The van der Waals surface area contributed by atoms with E-state index >= 15 is 0 Å². The summed E-state index contributed by atoms with van der Waals surface area (Å²) in [4.78, 5) is 13.5. The van der Waals surface area contributed by atoms with E-state index in [9.17, 15) is 0 Å². The molecule has 9 aromatic heterocycles. The van der Waals surface area contributed by atoms with Crippen molar-refractivity contribution in [2.45, 2.75) is 0 Å². The molecule has 0 saturated heterocycles. The van der Waals surface area contributed by atoms with E-state index in [-0.39, 0.29) is 0 Å². The SMILES string of the molecule is c1ccc(-c2ccc(-n3c4ccccc4c4c(-c5ccc6c(c5)c5cnccc5n6-c5ccccc5)cccc43)cc2)cc1.c1ccc(-n2c3ccncc3c3cc(-c4cccc5c4c4ccccc4n5-c4ccc5ccccc5c4)ccc32)cc1.c1ccc(-n2c3ccncc3c3cc(-c4cccc5c4c4ccccc4n5-c4ccccc4)ccc32)cc1. The highest BCUT2D eigenvalue weighted by Gasteiger charge is 2.24. The predicted octanol–water partition coefficient (Wildman–Crippen LogP) is 29.6. The topological polar surface area (TPSA) is 68.2 Å². The Morgan fingerprint density at radius 2 is 0.411 bits per heavy atom. The van der Waals surface area contributed by atoms with Crippen LogP contribution >= 0.6 is 0 Å². The van der Waals surface area contributed by atoms with E-state index < -0.39 is 0 Å². The fraction of sp³-hybridized carbons (Fsp3) is 0. The Morgan fingerprint density at radius 1 is 0.145 bits per heavy atom. The molecule has 124 heavy (non-hydrogen) atoms. The van der Waals surface area contributed by atoms with Gasteiger partial charge in [0.25, 0.3) is 0 Å². The highest BCUT2D eigenvalue weighted by molar-refractivity contribution is 6.21. The lowest BCUT2D eigenvalue weighted by atomic mass is 9.98. The van der Waals surface area contributed by atoms with Crippen LogP contribution in [0, 0.1) is 0 Å². The normalized spacial score (nSPS) is 11.7. The first-order valence-electron chi connectivity index (χ1n) is 42.2. The van der Waals surface area contributed by atoms with Crippen LogP contribution in [0.4, 0.5) is 0 Å². The summed E-state index contributed by atoms with van der Waals surface area (Å²) < 4.78 is 14.2. The molecule has 0 aliphatic heterocycles. The first-order chi connectivity index (χ1) is 61.6. The highest BCUT2D eigenvalue weighted by atomic mass is 15.0. The molecule has 0 aliphatic rings. The maximum atomic E-state index is 4.51. The molecule has 580 valence electrons. The number of rotatable bonds is 10. The van der Waals surface area contributed by atoms with Gasteiger partial charge in [0.15, 0.2) is 0 Å². The molecule has 0 atom stereocenters. The predicted molar refractivity (Wildman–Crippen MR) is 518 cm³/mol. The van der Waals surface area contributed by atoms with Crippen molar-refractivity contribution in [1.82, 2.24) is 42.4 Å². The molecule has 0 N–H and O–H groups in total. The van der Waals surface area contributed by atoms with Gasteiger partial charge in [-0.1, -0.05) is 255 Å². The van der Waals surface area contributed by atoms with E-state index in [1.165, 1.54) is 165 Å². The van der Waals surface area contributed by atoms with Gasteiger partial charge in [-0.05, 0) is 219 Å². The lowest BCUT2D eigenvalue weighted by molar-refractivity contribution is 1.17. The number of hydrogen-bond donors (Lipinski definition) is 0. The van der Waals surface area contributed by atoms with Gasteiger partial charge in [0, 0.05) is 136 Å². The maximum absolute atomic E-state index is 4.51. The Hall–Kier alpha value is -16.8. The number of nitrogens with zero attached hydrogens (tertiary/aromatic N) is 9. The Bertz CT molecular complexity index is 8650. The fourth-order valence-corrected chi connectivity index (χ4v) is 19.6. The molecule has 17 aromatic carbocycles. The number of para-hydroxylation sites is 7. The highest BCUT2D eigenvalue weighted by Crippen LogP contribution is 2.47. The van der Waals surface area contributed by atoms with Crippen molar-refractivity contribution in [3.8, 4) is 78.6 Å². The van der Waals surface area contributed by atoms with Crippen LogP contribution in [0.3, 0.4) is 0 Å². The summed E-state index contributed by atoms with van der Waals surface area (Å²) in [5.74, 6) is 0. The summed E-state index contributed by atoms with van der Waals surface area (Å²) in [7, 11) is 0. The van der Waals surface area contributed by atoms with Gasteiger partial charge in [0.05, 0.1) is 66.2 Å². The van der Waals surface area contributed by atoms with Crippen LogP contribution in [0.15, 0.2) is 456 Å². The van der Waals surface area contributed by atoms with Gasteiger partial charge in [0.1, 0.15) is 0 Å². The van der Waals surface area contributed by atoms with Crippen molar-refractivity contribution >= 4 is 142 Å². The third-order valence-corrected chi connectivity index (χ3v) is 25.0. The van der Waals surface area contributed by atoms with Gasteiger partial charge in [0.2, 0.25) is 0 Å². The average Bonchev–Trinajstić information content (AvgIpc) is 1.57. The first kappa shape index (κ1) is 71.4. The third-order valence-electron chi connectivity index (χ3n) is 25.0. The molecule has 26 aromatic rings. The maximum Gasteiger partial charge on any atom is 0.0571 e. The molecular weight excluding hydrogens is 1510 g/mol. The molecule has 9 heteroatoms. The van der Waals surface area contributed by atoms with Gasteiger partial charge in [-0.15, -0.1) is 0 Å². The smallest absolute Gasteiger partial charge is 0.0571 e. The Balaban J connectivity index is 0.000000105. The quantitative estimate of drug-likeness (QED) is 0.137. The van der Waals surface area contributed by atoms with E-state index in [1.807, 2.05) is 37.2 Å². The van der Waals surface area contributed by atoms with Crippen LogP contribution in [-0.2, 0) is 0 Å². The van der Waals surface area contributed by atoms with Crippen LogP contribution in [0.1, 0.15) is 0 Å². The molecule has 0 amide bonds. The molecule has 0 fully saturated rings. The van der Waals surface area contributed by atoms with Crippen molar-refractivity contribution < 1.29 is 0 Å². The number of hydrogen-bond acceptors (Lipinski definition) is 3. The third kappa shape index (κ3) is 11.7. The summed E-state index contributed by atoms with van der Waals surface area (Å²) in [5, 5.41) is 17.1. The van der Waals surface area contributed by atoms with Crippen LogP contribution < -0.4 is 0 Å². The number of aromatic nitrogens is 9. The van der Waals surface area contributed by atoms with Gasteiger partial charge >= 0.3 is 0 Å². The van der Waals surface area contributed by atoms with Crippen molar-refractivity contribution in [3.05, 3.63) is 456 Å². The zero-order valence-electron chi connectivity index (χ0n) is 67.3. The van der Waals surface area contributed by atoms with Crippen molar-refractivity contribution in [2.24, 2.45) is 0 Å².